The third kappa shape index (κ3) is 2.41. The van der Waals surface area contributed by atoms with Gasteiger partial charge in [0.05, 0.1) is 6.54 Å². The Kier molecular flexibility index (Phi) is 3.09. The van der Waals surface area contributed by atoms with E-state index in [-0.39, 0.29) is 0 Å². The van der Waals surface area contributed by atoms with Crippen LogP contribution in [0.25, 0.3) is 11.3 Å². The Bertz CT molecular complexity index is 450. The minimum Gasteiger partial charge on any atom is -0.460 e. The van der Waals surface area contributed by atoms with Gasteiger partial charge in [-0.25, -0.2) is 0 Å². The number of halogens is 1. The zero-order valence-corrected chi connectivity index (χ0v) is 9.21. The second-order valence-corrected chi connectivity index (χ2v) is 3.74. The molecule has 0 bridgehead atoms. The van der Waals surface area contributed by atoms with Gasteiger partial charge in [0.1, 0.15) is 11.5 Å². The summed E-state index contributed by atoms with van der Waals surface area (Å²) in [4.78, 5) is 0. The molecule has 2 rings (SSSR count). The second kappa shape index (κ2) is 4.51. The van der Waals surface area contributed by atoms with Crippen molar-refractivity contribution < 1.29 is 4.42 Å². The maximum Gasteiger partial charge on any atom is 0.134 e. The average Bonchev–Trinajstić information content (AvgIpc) is 2.67. The minimum absolute atomic E-state index is 0.721. The van der Waals surface area contributed by atoms with Crippen molar-refractivity contribution in [1.29, 1.82) is 0 Å². The maximum absolute atomic E-state index is 5.91. The van der Waals surface area contributed by atoms with Crippen LogP contribution in [0, 0.1) is 0 Å². The Balaban J connectivity index is 2.29. The van der Waals surface area contributed by atoms with Crippen LogP contribution in [0.1, 0.15) is 5.76 Å². The zero-order chi connectivity index (χ0) is 10.7. The molecule has 0 aliphatic carbocycles. The first-order chi connectivity index (χ1) is 7.29. The Morgan fingerprint density at radius 2 is 2.13 bits per heavy atom. The van der Waals surface area contributed by atoms with Gasteiger partial charge in [-0.15, -0.1) is 0 Å². The van der Waals surface area contributed by atoms with E-state index >= 15 is 0 Å². The van der Waals surface area contributed by atoms with Crippen LogP contribution in [-0.4, -0.2) is 7.05 Å². The molecule has 1 heterocycles. The van der Waals surface area contributed by atoms with Gasteiger partial charge in [0, 0.05) is 10.6 Å². The zero-order valence-electron chi connectivity index (χ0n) is 8.46. The van der Waals surface area contributed by atoms with Gasteiger partial charge in [-0.1, -0.05) is 23.7 Å². The standard InChI is InChI=1S/C12H12ClNO/c1-14-8-11-5-6-12(15-11)9-3-2-4-10(13)7-9/h2-7,14H,8H2,1H3. The fourth-order valence-electron chi connectivity index (χ4n) is 1.44. The first kappa shape index (κ1) is 10.3. The van der Waals surface area contributed by atoms with E-state index in [0.29, 0.717) is 0 Å². The average molecular weight is 222 g/mol. The molecule has 0 fully saturated rings. The van der Waals surface area contributed by atoms with Gasteiger partial charge in [-0.05, 0) is 31.3 Å². The highest BCUT2D eigenvalue weighted by Gasteiger charge is 2.04. The summed E-state index contributed by atoms with van der Waals surface area (Å²) in [5, 5.41) is 3.76. The smallest absolute Gasteiger partial charge is 0.134 e. The van der Waals surface area contributed by atoms with Gasteiger partial charge in [-0.2, -0.15) is 0 Å². The Labute approximate surface area is 93.9 Å². The molecular formula is C12H12ClNO. The predicted octanol–water partition coefficient (Wildman–Crippen LogP) is 3.32. The van der Waals surface area contributed by atoms with Gasteiger partial charge < -0.3 is 9.73 Å². The van der Waals surface area contributed by atoms with Crippen LogP contribution in [0.3, 0.4) is 0 Å². The Morgan fingerprint density at radius 1 is 1.27 bits per heavy atom. The van der Waals surface area contributed by atoms with Crippen LogP contribution in [0.5, 0.6) is 0 Å². The van der Waals surface area contributed by atoms with Crippen molar-refractivity contribution in [3.8, 4) is 11.3 Å². The predicted molar refractivity (Wildman–Crippen MR) is 61.9 cm³/mol. The summed E-state index contributed by atoms with van der Waals surface area (Å²) in [7, 11) is 1.89. The summed E-state index contributed by atoms with van der Waals surface area (Å²) in [5.74, 6) is 1.77. The van der Waals surface area contributed by atoms with E-state index in [2.05, 4.69) is 5.32 Å². The van der Waals surface area contributed by atoms with Crippen LogP contribution >= 0.6 is 11.6 Å². The molecule has 1 aromatic carbocycles. The van der Waals surface area contributed by atoms with E-state index in [1.54, 1.807) is 0 Å². The molecule has 0 spiro atoms. The van der Waals surface area contributed by atoms with E-state index in [4.69, 9.17) is 16.0 Å². The summed E-state index contributed by atoms with van der Waals surface area (Å²) in [6, 6.07) is 11.6. The summed E-state index contributed by atoms with van der Waals surface area (Å²) in [6.07, 6.45) is 0. The Morgan fingerprint density at radius 3 is 2.87 bits per heavy atom. The van der Waals surface area contributed by atoms with Crippen LogP contribution in [0.4, 0.5) is 0 Å². The number of nitrogens with one attached hydrogen (secondary N) is 1. The summed E-state index contributed by atoms with van der Waals surface area (Å²) in [6.45, 7) is 0.737. The largest absolute Gasteiger partial charge is 0.460 e. The number of hydrogen-bond acceptors (Lipinski definition) is 2. The fraction of sp³-hybridized carbons (Fsp3) is 0.167. The molecule has 1 aromatic heterocycles. The van der Waals surface area contributed by atoms with Gasteiger partial charge in [0.25, 0.3) is 0 Å². The van der Waals surface area contributed by atoms with Crippen molar-refractivity contribution in [3.63, 3.8) is 0 Å². The number of rotatable bonds is 3. The Hall–Kier alpha value is -1.25. The SMILES string of the molecule is CNCc1ccc(-c2cccc(Cl)c2)o1. The molecule has 3 heteroatoms. The molecule has 2 aromatic rings. The quantitative estimate of drug-likeness (QED) is 0.860. The van der Waals surface area contributed by atoms with E-state index in [1.807, 2.05) is 43.4 Å². The maximum atomic E-state index is 5.91. The molecule has 0 saturated heterocycles. The molecule has 2 nitrogen and oxygen atoms in total. The van der Waals surface area contributed by atoms with Crippen LogP contribution in [0.2, 0.25) is 5.02 Å². The van der Waals surface area contributed by atoms with E-state index in [9.17, 15) is 0 Å². The van der Waals surface area contributed by atoms with E-state index in [0.717, 1.165) is 28.7 Å². The number of hydrogen-bond donors (Lipinski definition) is 1. The molecular weight excluding hydrogens is 210 g/mol. The van der Waals surface area contributed by atoms with E-state index in [1.165, 1.54) is 0 Å². The molecule has 0 atom stereocenters. The fourth-order valence-corrected chi connectivity index (χ4v) is 1.63. The highest BCUT2D eigenvalue weighted by atomic mass is 35.5. The first-order valence-corrected chi connectivity index (χ1v) is 5.16. The van der Waals surface area contributed by atoms with Crippen LogP contribution in [-0.2, 0) is 6.54 Å². The van der Waals surface area contributed by atoms with Crippen molar-refractivity contribution in [2.75, 3.05) is 7.05 Å². The molecule has 78 valence electrons. The molecule has 0 unspecified atom stereocenters. The lowest BCUT2D eigenvalue weighted by atomic mass is 10.2. The summed E-state index contributed by atoms with van der Waals surface area (Å²) in [5.41, 5.74) is 1.00. The van der Waals surface area contributed by atoms with Crippen LogP contribution in [0.15, 0.2) is 40.8 Å². The minimum atomic E-state index is 0.721. The van der Waals surface area contributed by atoms with Crippen LogP contribution < -0.4 is 5.32 Å². The van der Waals surface area contributed by atoms with Crippen molar-refractivity contribution >= 4 is 11.6 Å². The second-order valence-electron chi connectivity index (χ2n) is 3.31. The highest BCUT2D eigenvalue weighted by molar-refractivity contribution is 6.30. The van der Waals surface area contributed by atoms with Crippen molar-refractivity contribution in [1.82, 2.24) is 5.32 Å². The normalized spacial score (nSPS) is 10.5. The lowest BCUT2D eigenvalue weighted by Crippen LogP contribution is -2.03. The van der Waals surface area contributed by atoms with Gasteiger partial charge in [-0.3, -0.25) is 0 Å². The molecule has 15 heavy (non-hydrogen) atoms. The van der Waals surface area contributed by atoms with E-state index < -0.39 is 0 Å². The molecule has 0 aliphatic rings. The highest BCUT2D eigenvalue weighted by Crippen LogP contribution is 2.24. The van der Waals surface area contributed by atoms with Crippen molar-refractivity contribution in [2.24, 2.45) is 0 Å². The first-order valence-electron chi connectivity index (χ1n) is 4.79. The van der Waals surface area contributed by atoms with Crippen molar-refractivity contribution in [2.45, 2.75) is 6.54 Å². The summed E-state index contributed by atoms with van der Waals surface area (Å²) >= 11 is 5.91. The van der Waals surface area contributed by atoms with Gasteiger partial charge >= 0.3 is 0 Å². The topological polar surface area (TPSA) is 25.2 Å². The molecule has 0 aliphatic heterocycles. The monoisotopic (exact) mass is 221 g/mol. The van der Waals surface area contributed by atoms with Gasteiger partial charge in [0.2, 0.25) is 0 Å². The third-order valence-corrected chi connectivity index (χ3v) is 2.36. The van der Waals surface area contributed by atoms with Gasteiger partial charge in [0.15, 0.2) is 0 Å². The lowest BCUT2D eigenvalue weighted by Gasteiger charge is -1.98. The third-order valence-electron chi connectivity index (χ3n) is 2.12. The molecule has 0 radical (unpaired) electrons. The molecule has 1 N–H and O–H groups in total. The summed E-state index contributed by atoms with van der Waals surface area (Å²) < 4.78 is 5.64. The lowest BCUT2D eigenvalue weighted by molar-refractivity contribution is 0.507. The number of furan rings is 1. The van der Waals surface area contributed by atoms with Crippen molar-refractivity contribution in [3.05, 3.63) is 47.2 Å². The number of benzene rings is 1. The molecule has 0 saturated carbocycles. The molecule has 0 amide bonds.